The lowest BCUT2D eigenvalue weighted by molar-refractivity contribution is -0.139. The Hall–Kier alpha value is -1.25. The molecule has 3 heteroatoms. The van der Waals surface area contributed by atoms with Gasteiger partial charge < -0.3 is 10.1 Å². The van der Waals surface area contributed by atoms with Gasteiger partial charge in [0, 0.05) is 11.6 Å². The summed E-state index contributed by atoms with van der Waals surface area (Å²) in [6.45, 7) is 6.48. The molecule has 1 aliphatic heterocycles. The highest BCUT2D eigenvalue weighted by Crippen LogP contribution is 2.24. The second-order valence-electron chi connectivity index (χ2n) is 4.36. The topological polar surface area (TPSA) is 38.3 Å². The van der Waals surface area contributed by atoms with Crippen molar-refractivity contribution in [1.29, 1.82) is 0 Å². The quantitative estimate of drug-likeness (QED) is 0.569. The molecular formula is C14H23NO2. The molecular weight excluding hydrogens is 214 g/mol. The fourth-order valence-electron chi connectivity index (χ4n) is 2.02. The zero-order valence-corrected chi connectivity index (χ0v) is 11.1. The summed E-state index contributed by atoms with van der Waals surface area (Å²) in [5, 5.41) is 3.20. The van der Waals surface area contributed by atoms with Crippen molar-refractivity contribution in [3.8, 4) is 0 Å². The summed E-state index contributed by atoms with van der Waals surface area (Å²) in [5.41, 5.74) is 1.83. The highest BCUT2D eigenvalue weighted by atomic mass is 16.5. The number of hydrogen-bond donors (Lipinski definition) is 1. The third-order valence-corrected chi connectivity index (χ3v) is 2.95. The summed E-state index contributed by atoms with van der Waals surface area (Å²) in [7, 11) is 0. The van der Waals surface area contributed by atoms with E-state index in [4.69, 9.17) is 4.74 Å². The van der Waals surface area contributed by atoms with E-state index < -0.39 is 0 Å². The number of esters is 1. The predicted octanol–water partition coefficient (Wildman–Crippen LogP) is 3.14. The third kappa shape index (κ3) is 3.91. The van der Waals surface area contributed by atoms with Crippen LogP contribution in [0.25, 0.3) is 0 Å². The molecule has 17 heavy (non-hydrogen) atoms. The van der Waals surface area contributed by atoms with Crippen LogP contribution in [0.1, 0.15) is 46.5 Å². The minimum absolute atomic E-state index is 0.145. The van der Waals surface area contributed by atoms with Gasteiger partial charge in [-0.05, 0) is 26.0 Å². The van der Waals surface area contributed by atoms with Gasteiger partial charge in [0.15, 0.2) is 0 Å². The number of carbonyl (C=O) groups excluding carboxylic acids is 1. The first kappa shape index (κ1) is 13.8. The zero-order chi connectivity index (χ0) is 12.7. The molecule has 0 bridgehead atoms. The smallest absolute Gasteiger partial charge is 0.336 e. The van der Waals surface area contributed by atoms with Gasteiger partial charge >= 0.3 is 5.97 Å². The number of ether oxygens (including phenoxy) is 1. The molecule has 0 amide bonds. The molecule has 96 valence electrons. The van der Waals surface area contributed by atoms with Gasteiger partial charge in [-0.25, -0.2) is 4.79 Å². The van der Waals surface area contributed by atoms with Gasteiger partial charge in [-0.15, -0.1) is 0 Å². The van der Waals surface area contributed by atoms with Crippen LogP contribution in [-0.2, 0) is 9.53 Å². The van der Waals surface area contributed by atoms with Crippen molar-refractivity contribution in [2.75, 3.05) is 6.61 Å². The maximum atomic E-state index is 11.9. The number of unbranched alkanes of at least 4 members (excludes halogenated alkanes) is 2. The first-order chi connectivity index (χ1) is 8.20. The van der Waals surface area contributed by atoms with Crippen LogP contribution in [0, 0.1) is 5.92 Å². The highest BCUT2D eigenvalue weighted by Gasteiger charge is 2.23. The second-order valence-corrected chi connectivity index (χ2v) is 4.36. The molecule has 0 aromatic carbocycles. The lowest BCUT2D eigenvalue weighted by Crippen LogP contribution is -2.24. The van der Waals surface area contributed by atoms with E-state index in [0.717, 1.165) is 24.1 Å². The van der Waals surface area contributed by atoms with Crippen molar-refractivity contribution < 1.29 is 9.53 Å². The largest absolute Gasteiger partial charge is 0.463 e. The van der Waals surface area contributed by atoms with E-state index in [1.54, 1.807) is 0 Å². The predicted molar refractivity (Wildman–Crippen MR) is 69.2 cm³/mol. The highest BCUT2D eigenvalue weighted by molar-refractivity contribution is 5.90. The summed E-state index contributed by atoms with van der Waals surface area (Å²) >= 11 is 0. The molecule has 3 nitrogen and oxygen atoms in total. The van der Waals surface area contributed by atoms with E-state index in [-0.39, 0.29) is 11.9 Å². The van der Waals surface area contributed by atoms with Gasteiger partial charge in [0.2, 0.25) is 0 Å². The molecule has 1 heterocycles. The maximum absolute atomic E-state index is 11.9. The van der Waals surface area contributed by atoms with Gasteiger partial charge in [-0.3, -0.25) is 0 Å². The molecule has 1 atom stereocenters. The summed E-state index contributed by atoms with van der Waals surface area (Å²) in [4.78, 5) is 11.9. The molecule has 0 saturated heterocycles. The Labute approximate surface area is 104 Å². The molecule has 0 aliphatic carbocycles. The summed E-state index contributed by atoms with van der Waals surface area (Å²) in [6.07, 6.45) is 8.34. The first-order valence-electron chi connectivity index (χ1n) is 6.54. The average molecular weight is 237 g/mol. The van der Waals surface area contributed by atoms with E-state index >= 15 is 0 Å². The normalized spacial score (nSPS) is 19.1. The molecule has 1 aliphatic rings. The zero-order valence-electron chi connectivity index (χ0n) is 11.1. The second kappa shape index (κ2) is 7.15. The summed E-state index contributed by atoms with van der Waals surface area (Å²) < 4.78 is 5.12. The Morgan fingerprint density at radius 3 is 2.82 bits per heavy atom. The number of hydrogen-bond acceptors (Lipinski definition) is 3. The van der Waals surface area contributed by atoms with Crippen molar-refractivity contribution in [3.63, 3.8) is 0 Å². The molecule has 0 fully saturated rings. The van der Waals surface area contributed by atoms with E-state index in [9.17, 15) is 4.79 Å². The van der Waals surface area contributed by atoms with Crippen LogP contribution in [0.2, 0.25) is 0 Å². The van der Waals surface area contributed by atoms with E-state index in [1.165, 1.54) is 12.8 Å². The van der Waals surface area contributed by atoms with E-state index in [1.807, 2.05) is 26.1 Å². The molecule has 1 rings (SSSR count). The van der Waals surface area contributed by atoms with Gasteiger partial charge in [-0.1, -0.05) is 32.8 Å². The molecule has 0 radical (unpaired) electrons. The maximum Gasteiger partial charge on any atom is 0.336 e. The fourth-order valence-corrected chi connectivity index (χ4v) is 2.02. The van der Waals surface area contributed by atoms with Crippen LogP contribution in [0.5, 0.6) is 0 Å². The van der Waals surface area contributed by atoms with Crippen LogP contribution in [-0.4, -0.2) is 12.6 Å². The number of nitrogens with one attached hydrogen (secondary N) is 1. The molecule has 0 aromatic rings. The number of rotatable bonds is 6. The molecule has 1 unspecified atom stereocenters. The minimum Gasteiger partial charge on any atom is -0.463 e. The monoisotopic (exact) mass is 237 g/mol. The fraction of sp³-hybridized carbons (Fsp3) is 0.643. The van der Waals surface area contributed by atoms with E-state index in [0.29, 0.717) is 6.61 Å². The Balaban J connectivity index is 2.75. The van der Waals surface area contributed by atoms with Crippen molar-refractivity contribution >= 4 is 5.97 Å². The Kier molecular flexibility index (Phi) is 5.81. The molecule has 1 N–H and O–H groups in total. The Morgan fingerprint density at radius 2 is 2.18 bits per heavy atom. The number of allylic oxidation sites excluding steroid dienone is 2. The van der Waals surface area contributed by atoms with Gasteiger partial charge in [0.05, 0.1) is 12.2 Å². The van der Waals surface area contributed by atoms with Gasteiger partial charge in [0.25, 0.3) is 0 Å². The average Bonchev–Trinajstić information content (AvgIpc) is 2.29. The Bertz CT molecular complexity index is 318. The lowest BCUT2D eigenvalue weighted by Gasteiger charge is -2.21. The first-order valence-corrected chi connectivity index (χ1v) is 6.54. The van der Waals surface area contributed by atoms with Crippen LogP contribution < -0.4 is 5.32 Å². The number of dihydropyridines is 1. The standard InChI is InChI=1S/C14H23NO2/c1-4-6-7-8-12-13(14(16)17-5-2)11(3)9-10-15-12/h9-11,15H,4-8H2,1-3H3. The third-order valence-electron chi connectivity index (χ3n) is 2.95. The van der Waals surface area contributed by atoms with Crippen LogP contribution in [0.4, 0.5) is 0 Å². The van der Waals surface area contributed by atoms with Crippen molar-refractivity contribution in [1.82, 2.24) is 5.32 Å². The van der Waals surface area contributed by atoms with Crippen molar-refractivity contribution in [2.24, 2.45) is 5.92 Å². The van der Waals surface area contributed by atoms with Gasteiger partial charge in [0.1, 0.15) is 0 Å². The summed E-state index contributed by atoms with van der Waals surface area (Å²) in [5.74, 6) is -0.0322. The van der Waals surface area contributed by atoms with E-state index in [2.05, 4.69) is 12.2 Å². The SMILES string of the molecule is CCCCCC1=C(C(=O)OCC)C(C)C=CN1. The van der Waals surface area contributed by atoms with Crippen LogP contribution in [0.3, 0.4) is 0 Å². The van der Waals surface area contributed by atoms with Crippen molar-refractivity contribution in [2.45, 2.75) is 46.5 Å². The van der Waals surface area contributed by atoms with Crippen LogP contribution >= 0.6 is 0 Å². The Morgan fingerprint density at radius 1 is 1.41 bits per heavy atom. The van der Waals surface area contributed by atoms with Crippen LogP contribution in [0.15, 0.2) is 23.5 Å². The minimum atomic E-state index is -0.177. The van der Waals surface area contributed by atoms with Gasteiger partial charge in [-0.2, -0.15) is 0 Å². The van der Waals surface area contributed by atoms with Crippen molar-refractivity contribution in [3.05, 3.63) is 23.5 Å². The molecule has 0 spiro atoms. The number of carbonyl (C=O) groups is 1. The molecule has 0 saturated carbocycles. The lowest BCUT2D eigenvalue weighted by atomic mass is 9.94. The summed E-state index contributed by atoms with van der Waals surface area (Å²) in [6, 6.07) is 0. The molecule has 0 aromatic heterocycles.